The van der Waals surface area contributed by atoms with Crippen LogP contribution in [0.1, 0.15) is 51.0 Å². The maximum Gasteiger partial charge on any atom is 0.504 e. The van der Waals surface area contributed by atoms with Gasteiger partial charge in [0.15, 0.2) is 0 Å². The summed E-state index contributed by atoms with van der Waals surface area (Å²) in [6.07, 6.45) is 9.16. The Morgan fingerprint density at radius 2 is 1.65 bits per heavy atom. The van der Waals surface area contributed by atoms with E-state index in [-0.39, 0.29) is 7.69 Å². The minimum Gasteiger partial charge on any atom is -0.539 e. The zero-order valence-electron chi connectivity index (χ0n) is 10.8. The first-order valence-corrected chi connectivity index (χ1v) is 6.69. The van der Waals surface area contributed by atoms with E-state index in [4.69, 9.17) is 9.68 Å². The average molecular weight is 234 g/mol. The highest BCUT2D eigenvalue weighted by Crippen LogP contribution is 2.14. The first kappa shape index (κ1) is 14.1. The summed E-state index contributed by atoms with van der Waals surface area (Å²) in [5.41, 5.74) is 1.35. The Hall–Kier alpha value is -0.955. The molecule has 94 valence electrons. The van der Waals surface area contributed by atoms with E-state index in [1.807, 2.05) is 12.1 Å². The monoisotopic (exact) mass is 234 g/mol. The highest BCUT2D eigenvalue weighted by molar-refractivity contribution is 6.17. The minimum absolute atomic E-state index is 0.253. The molecule has 0 bridgehead atoms. The molecule has 0 atom stereocenters. The molecule has 0 aliphatic rings. The Balaban J connectivity index is 2.14. The fraction of sp³-hybridized carbons (Fsp3) is 0.571. The largest absolute Gasteiger partial charge is 0.539 e. The van der Waals surface area contributed by atoms with Gasteiger partial charge in [-0.3, -0.25) is 0 Å². The quantitative estimate of drug-likeness (QED) is 0.525. The van der Waals surface area contributed by atoms with Crippen LogP contribution in [0.15, 0.2) is 24.3 Å². The highest BCUT2D eigenvalue weighted by Gasteiger charge is 1.96. The number of hydrogen-bond acceptors (Lipinski definition) is 2. The molecule has 1 N–H and O–H groups in total. The number of benzene rings is 1. The zero-order valence-corrected chi connectivity index (χ0v) is 10.8. The number of hydrogen-bond donors (Lipinski definition) is 1. The van der Waals surface area contributed by atoms with E-state index < -0.39 is 0 Å². The molecule has 0 saturated carbocycles. The fourth-order valence-corrected chi connectivity index (χ4v) is 1.94. The van der Waals surface area contributed by atoms with Crippen LogP contribution in [0, 0.1) is 0 Å². The Bertz CT molecular complexity index is 285. The maximum absolute atomic E-state index is 8.61. The van der Waals surface area contributed by atoms with Gasteiger partial charge in [0.1, 0.15) is 5.75 Å². The topological polar surface area (TPSA) is 29.5 Å². The van der Waals surface area contributed by atoms with Crippen LogP contribution >= 0.6 is 0 Å². The lowest BCUT2D eigenvalue weighted by Crippen LogP contribution is -1.99. The van der Waals surface area contributed by atoms with Gasteiger partial charge in [-0.05, 0) is 30.5 Å². The molecular formula is C14H23BO2. The van der Waals surface area contributed by atoms with Crippen LogP contribution in [0.25, 0.3) is 0 Å². The van der Waals surface area contributed by atoms with E-state index >= 15 is 0 Å². The van der Waals surface area contributed by atoms with E-state index in [1.165, 1.54) is 44.1 Å². The Morgan fingerprint density at radius 3 is 2.29 bits per heavy atom. The zero-order chi connectivity index (χ0) is 12.3. The van der Waals surface area contributed by atoms with Crippen LogP contribution in [-0.2, 0) is 6.42 Å². The van der Waals surface area contributed by atoms with Crippen LogP contribution in [0.4, 0.5) is 0 Å². The molecule has 1 rings (SSSR count). The third-order valence-corrected chi connectivity index (χ3v) is 2.97. The van der Waals surface area contributed by atoms with E-state index in [0.29, 0.717) is 0 Å². The molecule has 0 spiro atoms. The van der Waals surface area contributed by atoms with E-state index in [2.05, 4.69) is 19.1 Å². The van der Waals surface area contributed by atoms with Crippen molar-refractivity contribution in [2.45, 2.75) is 51.9 Å². The summed E-state index contributed by atoms with van der Waals surface area (Å²) in [5.74, 6) is 0.735. The van der Waals surface area contributed by atoms with Crippen molar-refractivity contribution < 1.29 is 9.68 Å². The molecule has 0 aliphatic carbocycles. The molecule has 0 heterocycles. The number of aryl methyl sites for hydroxylation is 1. The summed E-state index contributed by atoms with van der Waals surface area (Å²) in [6.45, 7) is 2.25. The fourth-order valence-electron chi connectivity index (χ4n) is 1.94. The van der Waals surface area contributed by atoms with Crippen LogP contribution in [-0.4, -0.2) is 12.7 Å². The lowest BCUT2D eigenvalue weighted by atomic mass is 10.0. The van der Waals surface area contributed by atoms with E-state index in [9.17, 15) is 0 Å². The molecule has 0 unspecified atom stereocenters. The van der Waals surface area contributed by atoms with Crippen LogP contribution in [0.5, 0.6) is 5.75 Å². The molecule has 0 aliphatic heterocycles. The Kier molecular flexibility index (Phi) is 7.56. The van der Waals surface area contributed by atoms with Gasteiger partial charge < -0.3 is 9.68 Å². The van der Waals surface area contributed by atoms with Crippen molar-refractivity contribution in [2.75, 3.05) is 0 Å². The van der Waals surface area contributed by atoms with Gasteiger partial charge in [-0.2, -0.15) is 0 Å². The molecule has 0 radical (unpaired) electrons. The van der Waals surface area contributed by atoms with E-state index in [1.54, 1.807) is 0 Å². The molecule has 1 aromatic rings. The Morgan fingerprint density at radius 1 is 1.00 bits per heavy atom. The van der Waals surface area contributed by atoms with Gasteiger partial charge in [0.25, 0.3) is 0 Å². The molecular weight excluding hydrogens is 211 g/mol. The lowest BCUT2D eigenvalue weighted by molar-refractivity contribution is 0.453. The van der Waals surface area contributed by atoms with Gasteiger partial charge in [0.2, 0.25) is 0 Å². The summed E-state index contributed by atoms with van der Waals surface area (Å²) >= 11 is 0. The minimum atomic E-state index is -0.253. The third-order valence-electron chi connectivity index (χ3n) is 2.97. The molecule has 1 aromatic carbocycles. The van der Waals surface area contributed by atoms with Crippen molar-refractivity contribution in [1.29, 1.82) is 0 Å². The molecule has 0 aromatic heterocycles. The predicted molar refractivity (Wildman–Crippen MR) is 73.5 cm³/mol. The van der Waals surface area contributed by atoms with Crippen molar-refractivity contribution in [1.82, 2.24) is 0 Å². The van der Waals surface area contributed by atoms with E-state index in [0.717, 1.165) is 12.2 Å². The number of unbranched alkanes of at least 4 members (excludes halogenated alkanes) is 5. The predicted octanol–water partition coefficient (Wildman–Crippen LogP) is 3.23. The highest BCUT2D eigenvalue weighted by atomic mass is 16.5. The van der Waals surface area contributed by atoms with Gasteiger partial charge >= 0.3 is 7.69 Å². The summed E-state index contributed by atoms with van der Waals surface area (Å²) in [7, 11) is -0.253. The molecule has 3 heteroatoms. The first-order valence-electron chi connectivity index (χ1n) is 6.69. The van der Waals surface area contributed by atoms with Crippen molar-refractivity contribution >= 4 is 7.69 Å². The summed E-state index contributed by atoms with van der Waals surface area (Å²) < 4.78 is 4.99. The van der Waals surface area contributed by atoms with Crippen molar-refractivity contribution in [3.63, 3.8) is 0 Å². The van der Waals surface area contributed by atoms with Gasteiger partial charge in [-0.15, -0.1) is 0 Å². The molecule has 2 nitrogen and oxygen atoms in total. The smallest absolute Gasteiger partial charge is 0.504 e. The maximum atomic E-state index is 8.61. The summed E-state index contributed by atoms with van der Waals surface area (Å²) in [6, 6.07) is 8.00. The normalized spacial score (nSPS) is 10.2. The van der Waals surface area contributed by atoms with Crippen LogP contribution < -0.4 is 4.65 Å². The summed E-state index contributed by atoms with van der Waals surface area (Å²) in [5, 5.41) is 8.61. The van der Waals surface area contributed by atoms with Crippen molar-refractivity contribution in [2.24, 2.45) is 0 Å². The molecule has 0 amide bonds. The second-order valence-electron chi connectivity index (χ2n) is 4.44. The summed E-state index contributed by atoms with van der Waals surface area (Å²) in [4.78, 5) is 0. The van der Waals surface area contributed by atoms with Crippen LogP contribution in [0.2, 0.25) is 0 Å². The Labute approximate surface area is 105 Å². The first-order chi connectivity index (χ1) is 8.36. The van der Waals surface area contributed by atoms with Gasteiger partial charge in [0.05, 0.1) is 0 Å². The standard InChI is InChI=1S/C14H23BO2/c1-2-3-4-5-6-7-8-13-9-11-14(12-10-13)17-15-16/h9-12,15-16H,2-8H2,1H3. The van der Waals surface area contributed by atoms with Gasteiger partial charge in [0, 0.05) is 0 Å². The molecule has 17 heavy (non-hydrogen) atoms. The second-order valence-corrected chi connectivity index (χ2v) is 4.44. The third kappa shape index (κ3) is 6.37. The number of rotatable bonds is 9. The second kappa shape index (κ2) is 9.11. The molecule has 0 fully saturated rings. The van der Waals surface area contributed by atoms with Gasteiger partial charge in [-0.1, -0.05) is 51.2 Å². The van der Waals surface area contributed by atoms with Crippen LogP contribution in [0.3, 0.4) is 0 Å². The van der Waals surface area contributed by atoms with Gasteiger partial charge in [-0.25, -0.2) is 0 Å². The van der Waals surface area contributed by atoms with Crippen molar-refractivity contribution in [3.05, 3.63) is 29.8 Å². The average Bonchev–Trinajstić information content (AvgIpc) is 2.36. The lowest BCUT2D eigenvalue weighted by Gasteiger charge is -2.04. The van der Waals surface area contributed by atoms with Crippen molar-refractivity contribution in [3.8, 4) is 5.75 Å². The molecule has 0 saturated heterocycles. The SMILES string of the molecule is CCCCCCCCc1ccc(OBO)cc1.